The number of halogens is 3. The average Bonchev–Trinajstić information content (AvgIpc) is 3.51. The van der Waals surface area contributed by atoms with Crippen molar-refractivity contribution in [1.29, 1.82) is 0 Å². The number of sulfonamides is 1. The molecular formula is C31H27F3N4O3S2. The maximum atomic E-state index is 13.0. The molecule has 0 aliphatic heterocycles. The zero-order valence-electron chi connectivity index (χ0n) is 22.6. The standard InChI is InChI=1S/C31H27F3N4O3S2/c32-31(33,34)24-10-6-22(7-11-24)28-20-42-30(37-28)23-8-14-26(15-9-23)43(40,41)38-25-12-4-21(5-13-25)16-18-35-19-29(39)27-3-1-2-17-36-27/h1-15,17,20,29,35,38-39H,16,18-19H2/t29-/m0/s1. The first-order valence-electron chi connectivity index (χ1n) is 13.2. The van der Waals surface area contributed by atoms with E-state index in [9.17, 15) is 26.7 Å². The smallest absolute Gasteiger partial charge is 0.385 e. The number of aromatic nitrogens is 2. The molecule has 3 N–H and O–H groups in total. The zero-order valence-corrected chi connectivity index (χ0v) is 24.3. The lowest BCUT2D eigenvalue weighted by Crippen LogP contribution is -2.24. The quantitative estimate of drug-likeness (QED) is 0.144. The summed E-state index contributed by atoms with van der Waals surface area (Å²) >= 11 is 1.31. The van der Waals surface area contributed by atoms with Gasteiger partial charge in [0.2, 0.25) is 0 Å². The van der Waals surface area contributed by atoms with Gasteiger partial charge >= 0.3 is 6.18 Å². The lowest BCUT2D eigenvalue weighted by Gasteiger charge is -2.12. The van der Waals surface area contributed by atoms with Crippen molar-refractivity contribution in [3.8, 4) is 21.8 Å². The summed E-state index contributed by atoms with van der Waals surface area (Å²) in [6, 6.07) is 23.5. The van der Waals surface area contributed by atoms with Crippen LogP contribution in [0, 0.1) is 0 Å². The van der Waals surface area contributed by atoms with Gasteiger partial charge in [0.1, 0.15) is 11.1 Å². The molecule has 2 heterocycles. The molecule has 0 saturated heterocycles. The number of anilines is 1. The second kappa shape index (κ2) is 13.0. The van der Waals surface area contributed by atoms with E-state index in [1.165, 1.54) is 35.6 Å². The summed E-state index contributed by atoms with van der Waals surface area (Å²) in [4.78, 5) is 8.73. The third-order valence-corrected chi connectivity index (χ3v) is 8.88. The van der Waals surface area contributed by atoms with E-state index >= 15 is 0 Å². The van der Waals surface area contributed by atoms with Gasteiger partial charge in [0.25, 0.3) is 10.0 Å². The molecule has 12 heteroatoms. The monoisotopic (exact) mass is 624 g/mol. The molecule has 0 amide bonds. The van der Waals surface area contributed by atoms with Crippen molar-refractivity contribution in [2.24, 2.45) is 0 Å². The number of benzene rings is 3. The number of aliphatic hydroxyl groups is 1. The highest BCUT2D eigenvalue weighted by atomic mass is 32.2. The summed E-state index contributed by atoms with van der Waals surface area (Å²) in [5, 5.41) is 15.7. The van der Waals surface area contributed by atoms with Crippen molar-refractivity contribution in [2.75, 3.05) is 17.8 Å². The molecule has 0 fully saturated rings. The summed E-state index contributed by atoms with van der Waals surface area (Å²) in [6.45, 7) is 1.00. The number of rotatable bonds is 11. The Balaban J connectivity index is 1.15. The Bertz CT molecular complexity index is 1740. The number of nitrogens with zero attached hydrogens (tertiary/aromatic N) is 2. The molecule has 0 radical (unpaired) electrons. The minimum Gasteiger partial charge on any atom is -0.385 e. The fourth-order valence-corrected chi connectivity index (χ4v) is 6.14. The fraction of sp³-hybridized carbons (Fsp3) is 0.161. The number of alkyl halides is 3. The molecule has 0 aliphatic rings. The fourth-order valence-electron chi connectivity index (χ4n) is 4.25. The van der Waals surface area contributed by atoms with Gasteiger partial charge in [-0.2, -0.15) is 13.2 Å². The molecule has 222 valence electrons. The second-order valence-electron chi connectivity index (χ2n) is 9.66. The molecule has 2 aromatic heterocycles. The van der Waals surface area contributed by atoms with Crippen molar-refractivity contribution in [1.82, 2.24) is 15.3 Å². The molecule has 0 saturated carbocycles. The first kappa shape index (κ1) is 30.4. The first-order chi connectivity index (χ1) is 20.6. The van der Waals surface area contributed by atoms with E-state index < -0.39 is 27.9 Å². The summed E-state index contributed by atoms with van der Waals surface area (Å²) in [5.74, 6) is 0. The molecule has 43 heavy (non-hydrogen) atoms. The van der Waals surface area contributed by atoms with Gasteiger partial charge < -0.3 is 10.4 Å². The summed E-state index contributed by atoms with van der Waals surface area (Å²) in [5.41, 5.74) is 3.09. The predicted molar refractivity (Wildman–Crippen MR) is 161 cm³/mol. The van der Waals surface area contributed by atoms with Crippen molar-refractivity contribution in [2.45, 2.75) is 23.6 Å². The SMILES string of the molecule is O=S(=O)(Nc1ccc(CCNC[C@H](O)c2ccccn2)cc1)c1ccc(-c2nc(-c3ccc(C(F)(F)F)cc3)cs2)cc1. The van der Waals surface area contributed by atoms with Crippen LogP contribution in [0.5, 0.6) is 0 Å². The summed E-state index contributed by atoms with van der Waals surface area (Å²) in [7, 11) is -3.84. The van der Waals surface area contributed by atoms with Gasteiger partial charge in [-0.1, -0.05) is 42.5 Å². The predicted octanol–water partition coefficient (Wildman–Crippen LogP) is 6.56. The Morgan fingerprint density at radius 1 is 0.884 bits per heavy atom. The van der Waals surface area contributed by atoms with Gasteiger partial charge in [-0.05, 0) is 67.1 Å². The number of hydrogen-bond acceptors (Lipinski definition) is 7. The maximum Gasteiger partial charge on any atom is 0.416 e. The molecule has 0 bridgehead atoms. The van der Waals surface area contributed by atoms with Gasteiger partial charge in [0, 0.05) is 34.9 Å². The van der Waals surface area contributed by atoms with Crippen LogP contribution in [0.15, 0.2) is 107 Å². The highest BCUT2D eigenvalue weighted by Crippen LogP contribution is 2.33. The van der Waals surface area contributed by atoms with Crippen LogP contribution < -0.4 is 10.0 Å². The summed E-state index contributed by atoms with van der Waals surface area (Å²) in [6.07, 6.45) is -2.77. The highest BCUT2D eigenvalue weighted by Gasteiger charge is 2.30. The Labute approximate surface area is 251 Å². The third-order valence-electron chi connectivity index (χ3n) is 6.59. The van der Waals surface area contributed by atoms with Gasteiger partial charge in [0.05, 0.1) is 21.8 Å². The van der Waals surface area contributed by atoms with Crippen LogP contribution in [0.25, 0.3) is 21.8 Å². The minimum atomic E-state index is -4.41. The first-order valence-corrected chi connectivity index (χ1v) is 15.6. The van der Waals surface area contributed by atoms with Crippen molar-refractivity contribution in [3.05, 3.63) is 119 Å². The van der Waals surface area contributed by atoms with E-state index in [1.807, 2.05) is 18.2 Å². The van der Waals surface area contributed by atoms with E-state index in [0.29, 0.717) is 52.7 Å². The summed E-state index contributed by atoms with van der Waals surface area (Å²) < 4.78 is 67.1. The van der Waals surface area contributed by atoms with Crippen LogP contribution >= 0.6 is 11.3 Å². The zero-order chi connectivity index (χ0) is 30.5. The van der Waals surface area contributed by atoms with Gasteiger partial charge in [-0.25, -0.2) is 13.4 Å². The Morgan fingerprint density at radius 3 is 2.23 bits per heavy atom. The Morgan fingerprint density at radius 2 is 1.58 bits per heavy atom. The largest absolute Gasteiger partial charge is 0.416 e. The normalized spacial score (nSPS) is 12.7. The van der Waals surface area contributed by atoms with Crippen molar-refractivity contribution < 1.29 is 26.7 Å². The van der Waals surface area contributed by atoms with Crippen LogP contribution in [0.4, 0.5) is 18.9 Å². The topological polar surface area (TPSA) is 104 Å². The van der Waals surface area contributed by atoms with Crippen LogP contribution in [-0.4, -0.2) is 36.6 Å². The van der Waals surface area contributed by atoms with Gasteiger partial charge in [-0.3, -0.25) is 9.71 Å². The Kier molecular flexibility index (Phi) is 9.21. The molecule has 3 aromatic carbocycles. The third kappa shape index (κ3) is 7.85. The van der Waals surface area contributed by atoms with E-state index in [1.54, 1.807) is 48.0 Å². The Hall–Kier alpha value is -4.10. The lowest BCUT2D eigenvalue weighted by molar-refractivity contribution is -0.137. The molecule has 0 spiro atoms. The van der Waals surface area contributed by atoms with Crippen LogP contribution in [0.2, 0.25) is 0 Å². The highest BCUT2D eigenvalue weighted by molar-refractivity contribution is 7.92. The van der Waals surface area contributed by atoms with Crippen molar-refractivity contribution >= 4 is 27.0 Å². The lowest BCUT2D eigenvalue weighted by atomic mass is 10.1. The molecule has 5 aromatic rings. The van der Waals surface area contributed by atoms with Gasteiger partial charge in [-0.15, -0.1) is 11.3 Å². The molecule has 1 atom stereocenters. The number of thiazole rings is 1. The van der Waals surface area contributed by atoms with Crippen LogP contribution in [0.1, 0.15) is 22.9 Å². The van der Waals surface area contributed by atoms with E-state index in [4.69, 9.17) is 0 Å². The van der Waals surface area contributed by atoms with E-state index in [2.05, 4.69) is 20.0 Å². The molecule has 0 aliphatic carbocycles. The number of nitrogens with one attached hydrogen (secondary N) is 2. The van der Waals surface area contributed by atoms with Gasteiger partial charge in [0.15, 0.2) is 0 Å². The van der Waals surface area contributed by atoms with Crippen LogP contribution in [-0.2, 0) is 22.6 Å². The molecule has 5 rings (SSSR count). The maximum absolute atomic E-state index is 13.0. The minimum absolute atomic E-state index is 0.0792. The number of pyridine rings is 1. The van der Waals surface area contributed by atoms with Crippen molar-refractivity contribution in [3.63, 3.8) is 0 Å². The molecule has 7 nitrogen and oxygen atoms in total. The van der Waals surface area contributed by atoms with E-state index in [0.717, 1.165) is 17.7 Å². The van der Waals surface area contributed by atoms with Crippen LogP contribution in [0.3, 0.4) is 0 Å². The second-order valence-corrected chi connectivity index (χ2v) is 12.2. The molecular weight excluding hydrogens is 597 g/mol. The van der Waals surface area contributed by atoms with E-state index in [-0.39, 0.29) is 4.90 Å². The number of aliphatic hydroxyl groups excluding tert-OH is 1. The average molecular weight is 625 g/mol. The number of hydrogen-bond donors (Lipinski definition) is 3. The molecule has 0 unspecified atom stereocenters.